The lowest BCUT2D eigenvalue weighted by Crippen LogP contribution is -1.81. The van der Waals surface area contributed by atoms with Gasteiger partial charge < -0.3 is 0 Å². The highest BCUT2D eigenvalue weighted by molar-refractivity contribution is 9.41. The molecule has 0 spiro atoms. The molecule has 1 rings (SSSR count). The largest absolute Gasteiger partial charge is 0.179 e. The highest BCUT2D eigenvalue weighted by Crippen LogP contribution is 2.79. The van der Waals surface area contributed by atoms with Gasteiger partial charge in [-0.3, -0.25) is 0 Å². The van der Waals surface area contributed by atoms with Gasteiger partial charge in [-0.05, 0) is 62.7 Å². The standard InChI is InChI=1S/C12H25PS7/c14-9-5-1-2-6-10-15-18-13-19-16-11-7-3-4-8-12-17-20-13/h14H,1-12H2. The number of thiol groups is 1. The van der Waals surface area contributed by atoms with Crippen LogP contribution in [0.25, 0.3) is 0 Å². The van der Waals surface area contributed by atoms with E-state index in [9.17, 15) is 0 Å². The van der Waals surface area contributed by atoms with E-state index in [1.807, 2.05) is 0 Å². The van der Waals surface area contributed by atoms with Gasteiger partial charge in [0.1, 0.15) is 5.53 Å². The van der Waals surface area contributed by atoms with E-state index in [-0.39, 0.29) is 5.53 Å². The minimum atomic E-state index is 0.0430. The lowest BCUT2D eigenvalue weighted by Gasteiger charge is -2.12. The lowest BCUT2D eigenvalue weighted by atomic mass is 10.2. The molecule has 0 amide bonds. The zero-order chi connectivity index (χ0) is 14.3. The van der Waals surface area contributed by atoms with E-state index < -0.39 is 0 Å². The van der Waals surface area contributed by atoms with Crippen molar-refractivity contribution in [1.29, 1.82) is 0 Å². The fourth-order valence-corrected chi connectivity index (χ4v) is 26.1. The third-order valence-electron chi connectivity index (χ3n) is 2.68. The summed E-state index contributed by atoms with van der Waals surface area (Å²) in [5, 5.41) is 0. The monoisotopic (exact) mass is 424 g/mol. The molecule has 0 aromatic carbocycles. The third kappa shape index (κ3) is 13.3. The summed E-state index contributed by atoms with van der Waals surface area (Å²) >= 11 is 4.26. The van der Waals surface area contributed by atoms with Crippen LogP contribution in [0, 0.1) is 0 Å². The summed E-state index contributed by atoms with van der Waals surface area (Å²) in [5.41, 5.74) is 0.0430. The summed E-state index contributed by atoms with van der Waals surface area (Å²) < 4.78 is 0. The van der Waals surface area contributed by atoms with Crippen LogP contribution in [0.2, 0.25) is 0 Å². The molecule has 1 fully saturated rings. The van der Waals surface area contributed by atoms with Crippen LogP contribution in [-0.2, 0) is 0 Å². The molecule has 1 saturated heterocycles. The third-order valence-corrected chi connectivity index (χ3v) is 24.6. The summed E-state index contributed by atoms with van der Waals surface area (Å²) in [7, 11) is 12.8. The Labute approximate surface area is 155 Å². The first kappa shape index (κ1) is 20.9. The van der Waals surface area contributed by atoms with E-state index in [4.69, 9.17) is 0 Å². The van der Waals surface area contributed by atoms with Crippen molar-refractivity contribution in [3.05, 3.63) is 0 Å². The van der Waals surface area contributed by atoms with Gasteiger partial charge in [0.05, 0.1) is 0 Å². The fraction of sp³-hybridized carbons (Fsp3) is 1.00. The molecule has 0 aliphatic carbocycles. The molecule has 8 heteroatoms. The second-order valence-corrected chi connectivity index (χ2v) is 20.6. The van der Waals surface area contributed by atoms with Crippen LogP contribution in [0.15, 0.2) is 0 Å². The molecule has 0 saturated carbocycles. The molecule has 1 aliphatic heterocycles. The first-order chi connectivity index (χ1) is 9.93. The van der Waals surface area contributed by atoms with Crippen molar-refractivity contribution in [2.24, 2.45) is 0 Å². The molecular formula is C12H25PS7. The van der Waals surface area contributed by atoms with Crippen LogP contribution in [-0.4, -0.2) is 23.0 Å². The second-order valence-electron chi connectivity index (χ2n) is 4.47. The smallest absolute Gasteiger partial charge is 0.106 e. The van der Waals surface area contributed by atoms with Gasteiger partial charge in [0.25, 0.3) is 0 Å². The summed E-state index contributed by atoms with van der Waals surface area (Å²) in [6.45, 7) is 0. The van der Waals surface area contributed by atoms with E-state index in [2.05, 4.69) is 76.3 Å². The van der Waals surface area contributed by atoms with E-state index in [0.717, 1.165) is 5.75 Å². The molecule has 0 aromatic rings. The SMILES string of the molecule is SCCCCCCSSP1SSCCCCCCSS1. The van der Waals surface area contributed by atoms with Crippen LogP contribution in [0.4, 0.5) is 0 Å². The molecule has 0 aromatic heterocycles. The van der Waals surface area contributed by atoms with Gasteiger partial charge in [0.2, 0.25) is 0 Å². The molecule has 0 atom stereocenters. The number of hydrogen-bond acceptors (Lipinski definition) is 7. The Bertz CT molecular complexity index is 196. The van der Waals surface area contributed by atoms with E-state index in [0.29, 0.717) is 0 Å². The van der Waals surface area contributed by atoms with Crippen molar-refractivity contribution in [2.75, 3.05) is 23.0 Å². The van der Waals surface area contributed by atoms with Gasteiger partial charge in [-0.2, -0.15) is 12.6 Å². The summed E-state index contributed by atoms with van der Waals surface area (Å²) in [5.74, 6) is 5.08. The molecule has 1 heterocycles. The predicted octanol–water partition coefficient (Wildman–Crippen LogP) is 8.42. The van der Waals surface area contributed by atoms with Gasteiger partial charge >= 0.3 is 0 Å². The quantitative estimate of drug-likeness (QED) is 0.178. The lowest BCUT2D eigenvalue weighted by molar-refractivity contribution is 0.712. The normalized spacial score (nSPS) is 19.6. The molecule has 120 valence electrons. The molecule has 0 N–H and O–H groups in total. The van der Waals surface area contributed by atoms with Crippen molar-refractivity contribution in [3.63, 3.8) is 0 Å². The maximum absolute atomic E-state index is 4.26. The Morgan fingerprint density at radius 3 is 2.15 bits per heavy atom. The number of rotatable bonds is 8. The van der Waals surface area contributed by atoms with Crippen LogP contribution in [0.1, 0.15) is 51.4 Å². The zero-order valence-electron chi connectivity index (χ0n) is 11.8. The van der Waals surface area contributed by atoms with E-state index >= 15 is 0 Å². The molecule has 0 nitrogen and oxygen atoms in total. The summed E-state index contributed by atoms with van der Waals surface area (Å²) in [6.07, 6.45) is 11.1. The first-order valence-corrected chi connectivity index (χ1v) is 18.0. The van der Waals surface area contributed by atoms with Gasteiger partial charge in [0, 0.05) is 17.3 Å². The fourth-order valence-electron chi connectivity index (χ4n) is 1.58. The highest BCUT2D eigenvalue weighted by atomic mass is 33.8. The Kier molecular flexibility index (Phi) is 17.5. The molecule has 1 aliphatic rings. The average Bonchev–Trinajstić information content (AvgIpc) is 2.52. The van der Waals surface area contributed by atoms with Gasteiger partial charge in [-0.1, -0.05) is 58.1 Å². The van der Waals surface area contributed by atoms with E-state index in [1.54, 1.807) is 0 Å². The van der Waals surface area contributed by atoms with Crippen LogP contribution in [0.5, 0.6) is 0 Å². The molecule has 0 bridgehead atoms. The average molecular weight is 425 g/mol. The molecule has 0 radical (unpaired) electrons. The zero-order valence-corrected chi connectivity index (χ0v) is 18.5. The maximum Gasteiger partial charge on any atom is 0.106 e. The summed E-state index contributed by atoms with van der Waals surface area (Å²) in [6, 6.07) is 0. The van der Waals surface area contributed by atoms with Crippen molar-refractivity contribution < 1.29 is 0 Å². The van der Waals surface area contributed by atoms with Crippen LogP contribution < -0.4 is 0 Å². The Balaban J connectivity index is 2.02. The topological polar surface area (TPSA) is 0 Å². The van der Waals surface area contributed by atoms with Crippen molar-refractivity contribution in [2.45, 2.75) is 51.4 Å². The minimum absolute atomic E-state index is 0.0430. The van der Waals surface area contributed by atoms with Crippen molar-refractivity contribution >= 4 is 81.8 Å². The predicted molar refractivity (Wildman–Crippen MR) is 118 cm³/mol. The number of hydrogen-bond donors (Lipinski definition) is 1. The van der Waals surface area contributed by atoms with Gasteiger partial charge in [0.15, 0.2) is 0 Å². The van der Waals surface area contributed by atoms with Crippen molar-refractivity contribution in [1.82, 2.24) is 0 Å². The minimum Gasteiger partial charge on any atom is -0.179 e. The molecule has 0 unspecified atom stereocenters. The Morgan fingerprint density at radius 2 is 1.50 bits per heavy atom. The number of unbranched alkanes of at least 4 members (excludes halogenated alkanes) is 3. The van der Waals surface area contributed by atoms with Gasteiger partial charge in [-0.25, -0.2) is 0 Å². The van der Waals surface area contributed by atoms with Crippen molar-refractivity contribution in [3.8, 4) is 0 Å². The summed E-state index contributed by atoms with van der Waals surface area (Å²) in [4.78, 5) is 0. The van der Waals surface area contributed by atoms with Crippen LogP contribution in [0.3, 0.4) is 0 Å². The highest BCUT2D eigenvalue weighted by Gasteiger charge is 2.13. The second kappa shape index (κ2) is 16.7. The first-order valence-electron chi connectivity index (χ1n) is 7.23. The Morgan fingerprint density at radius 1 is 0.850 bits per heavy atom. The Hall–Kier alpha value is 2.88. The molecular weight excluding hydrogens is 400 g/mol. The maximum atomic E-state index is 4.26. The molecule has 20 heavy (non-hydrogen) atoms. The van der Waals surface area contributed by atoms with Gasteiger partial charge in [-0.15, -0.1) is 0 Å². The van der Waals surface area contributed by atoms with E-state index in [1.165, 1.54) is 68.6 Å². The van der Waals surface area contributed by atoms with Crippen LogP contribution >= 0.6 is 81.8 Å².